The van der Waals surface area contributed by atoms with Gasteiger partial charge in [0.05, 0.1) is 6.61 Å². The number of hydrogen-bond donors (Lipinski definition) is 0. The molecule has 0 bridgehead atoms. The lowest BCUT2D eigenvalue weighted by molar-refractivity contribution is -0.000995. The van der Waals surface area contributed by atoms with Gasteiger partial charge in [-0.25, -0.2) is 0 Å². The quantitative estimate of drug-likeness (QED) is 0.573. The van der Waals surface area contributed by atoms with Gasteiger partial charge in [-0.15, -0.1) is 0 Å². The van der Waals surface area contributed by atoms with Gasteiger partial charge in [-0.05, 0) is 32.9 Å². The predicted octanol–water partition coefficient (Wildman–Crippen LogP) is 2.14. The average molecular weight is 185 g/mol. The third kappa shape index (κ3) is 2.68. The summed E-state index contributed by atoms with van der Waals surface area (Å²) in [5.41, 5.74) is 0.549. The Balaban J connectivity index is 0.000000396. The molecule has 2 nitrogen and oxygen atoms in total. The van der Waals surface area contributed by atoms with Crippen molar-refractivity contribution in [2.45, 2.75) is 33.1 Å². The Labute approximate surface area is 82.3 Å². The minimum absolute atomic E-state index is 0.549. The zero-order valence-corrected chi connectivity index (χ0v) is 9.31. The highest BCUT2D eigenvalue weighted by atomic mass is 16.5. The van der Waals surface area contributed by atoms with Gasteiger partial charge in [0.25, 0.3) is 0 Å². The molecule has 0 radical (unpaired) electrons. The van der Waals surface area contributed by atoms with Gasteiger partial charge in [0.15, 0.2) is 0 Å². The summed E-state index contributed by atoms with van der Waals surface area (Å²) in [6.07, 6.45) is 4.01. The van der Waals surface area contributed by atoms with Gasteiger partial charge in [-0.1, -0.05) is 13.8 Å². The van der Waals surface area contributed by atoms with E-state index in [-0.39, 0.29) is 0 Å². The molecule has 0 N–H and O–H groups in total. The van der Waals surface area contributed by atoms with Crippen LogP contribution in [-0.2, 0) is 4.74 Å². The van der Waals surface area contributed by atoms with Crippen LogP contribution in [0.4, 0.5) is 0 Å². The molecule has 0 aliphatic carbocycles. The van der Waals surface area contributed by atoms with Crippen molar-refractivity contribution in [2.24, 2.45) is 5.41 Å². The Kier molecular flexibility index (Phi) is 4.20. The normalized spacial score (nSPS) is 34.4. The number of likely N-dealkylation sites (tertiary alicyclic amines) is 1. The van der Waals surface area contributed by atoms with E-state index in [1.54, 1.807) is 0 Å². The van der Waals surface area contributed by atoms with Crippen molar-refractivity contribution in [2.75, 3.05) is 33.4 Å². The molecule has 1 spiro atoms. The Morgan fingerprint density at radius 2 is 2.00 bits per heavy atom. The standard InChI is InChI=1S/C9H17NO.C2H6/c1-10-5-4-9(7-10)3-2-6-11-8-9;1-2/h2-8H2,1H3;1-2H3. The van der Waals surface area contributed by atoms with Crippen LogP contribution < -0.4 is 0 Å². The lowest BCUT2D eigenvalue weighted by Crippen LogP contribution is -2.34. The highest BCUT2D eigenvalue weighted by molar-refractivity contribution is 4.90. The molecule has 2 aliphatic rings. The Hall–Kier alpha value is -0.0800. The topological polar surface area (TPSA) is 12.5 Å². The molecular formula is C11H23NO. The van der Waals surface area contributed by atoms with Crippen molar-refractivity contribution in [1.29, 1.82) is 0 Å². The fourth-order valence-electron chi connectivity index (χ4n) is 2.39. The van der Waals surface area contributed by atoms with Gasteiger partial charge < -0.3 is 9.64 Å². The largest absolute Gasteiger partial charge is 0.381 e. The number of rotatable bonds is 0. The maximum atomic E-state index is 5.53. The molecule has 0 aromatic carbocycles. The Morgan fingerprint density at radius 3 is 2.46 bits per heavy atom. The molecule has 0 aromatic heterocycles. The molecule has 2 saturated heterocycles. The molecule has 0 aromatic rings. The van der Waals surface area contributed by atoms with E-state index in [4.69, 9.17) is 4.74 Å². The predicted molar refractivity (Wildman–Crippen MR) is 55.9 cm³/mol. The SMILES string of the molecule is CC.CN1CCC2(CCCOC2)C1. The van der Waals surface area contributed by atoms with Gasteiger partial charge in [-0.2, -0.15) is 0 Å². The van der Waals surface area contributed by atoms with Gasteiger partial charge in [0.1, 0.15) is 0 Å². The zero-order chi connectivity index (χ0) is 9.73. The van der Waals surface area contributed by atoms with E-state index < -0.39 is 0 Å². The van der Waals surface area contributed by atoms with Crippen LogP contribution in [0.1, 0.15) is 33.1 Å². The first kappa shape index (κ1) is 11.0. The number of hydrogen-bond acceptors (Lipinski definition) is 2. The highest BCUT2D eigenvalue weighted by Crippen LogP contribution is 2.37. The average Bonchev–Trinajstić information content (AvgIpc) is 2.52. The van der Waals surface area contributed by atoms with E-state index in [2.05, 4.69) is 11.9 Å². The summed E-state index contributed by atoms with van der Waals surface area (Å²) in [5, 5.41) is 0. The molecular weight excluding hydrogens is 162 g/mol. The molecule has 2 fully saturated rings. The van der Waals surface area contributed by atoms with Crippen LogP contribution in [0.25, 0.3) is 0 Å². The molecule has 1 unspecified atom stereocenters. The first-order chi connectivity index (χ1) is 6.31. The Bertz CT molecular complexity index is 136. The van der Waals surface area contributed by atoms with E-state index >= 15 is 0 Å². The second-order valence-electron chi connectivity index (χ2n) is 4.14. The molecule has 1 atom stereocenters. The molecule has 2 heteroatoms. The summed E-state index contributed by atoms with van der Waals surface area (Å²) in [4.78, 5) is 2.43. The molecule has 0 saturated carbocycles. The van der Waals surface area contributed by atoms with Gasteiger partial charge >= 0.3 is 0 Å². The minimum Gasteiger partial charge on any atom is -0.381 e. The summed E-state index contributed by atoms with van der Waals surface area (Å²) in [6, 6.07) is 0. The molecule has 2 heterocycles. The Morgan fingerprint density at radius 1 is 1.23 bits per heavy atom. The van der Waals surface area contributed by atoms with Crippen LogP contribution in [0.5, 0.6) is 0 Å². The molecule has 13 heavy (non-hydrogen) atoms. The van der Waals surface area contributed by atoms with Crippen molar-refractivity contribution in [3.63, 3.8) is 0 Å². The van der Waals surface area contributed by atoms with Crippen LogP contribution in [0.3, 0.4) is 0 Å². The monoisotopic (exact) mass is 185 g/mol. The summed E-state index contributed by atoms with van der Waals surface area (Å²) < 4.78 is 5.53. The van der Waals surface area contributed by atoms with E-state index in [0.717, 1.165) is 13.2 Å². The van der Waals surface area contributed by atoms with Crippen molar-refractivity contribution in [3.05, 3.63) is 0 Å². The second kappa shape index (κ2) is 4.97. The van der Waals surface area contributed by atoms with Gasteiger partial charge in [-0.3, -0.25) is 0 Å². The fraction of sp³-hybridized carbons (Fsp3) is 1.00. The first-order valence-corrected chi connectivity index (χ1v) is 5.57. The van der Waals surface area contributed by atoms with Crippen LogP contribution in [0, 0.1) is 5.41 Å². The van der Waals surface area contributed by atoms with Crippen molar-refractivity contribution in [1.82, 2.24) is 4.90 Å². The van der Waals surface area contributed by atoms with Crippen LogP contribution in [0.2, 0.25) is 0 Å². The van der Waals surface area contributed by atoms with E-state index in [0.29, 0.717) is 5.41 Å². The summed E-state index contributed by atoms with van der Waals surface area (Å²) in [6.45, 7) is 8.53. The van der Waals surface area contributed by atoms with Crippen molar-refractivity contribution >= 4 is 0 Å². The molecule has 78 valence electrons. The van der Waals surface area contributed by atoms with E-state index in [1.165, 1.54) is 32.4 Å². The number of ether oxygens (including phenoxy) is 1. The minimum atomic E-state index is 0.549. The van der Waals surface area contributed by atoms with Crippen LogP contribution in [-0.4, -0.2) is 38.3 Å². The van der Waals surface area contributed by atoms with Crippen LogP contribution in [0.15, 0.2) is 0 Å². The number of nitrogens with zero attached hydrogens (tertiary/aromatic N) is 1. The lowest BCUT2D eigenvalue weighted by atomic mass is 9.82. The molecule has 2 rings (SSSR count). The fourth-order valence-corrected chi connectivity index (χ4v) is 2.39. The van der Waals surface area contributed by atoms with Crippen molar-refractivity contribution in [3.8, 4) is 0 Å². The molecule has 2 aliphatic heterocycles. The highest BCUT2D eigenvalue weighted by Gasteiger charge is 2.38. The van der Waals surface area contributed by atoms with E-state index in [9.17, 15) is 0 Å². The smallest absolute Gasteiger partial charge is 0.0535 e. The maximum Gasteiger partial charge on any atom is 0.0535 e. The van der Waals surface area contributed by atoms with Crippen molar-refractivity contribution < 1.29 is 4.74 Å². The third-order valence-corrected chi connectivity index (χ3v) is 3.03. The summed E-state index contributed by atoms with van der Waals surface area (Å²) >= 11 is 0. The van der Waals surface area contributed by atoms with Gasteiger partial charge in [0.2, 0.25) is 0 Å². The zero-order valence-electron chi connectivity index (χ0n) is 9.31. The van der Waals surface area contributed by atoms with Gasteiger partial charge in [0, 0.05) is 18.6 Å². The maximum absolute atomic E-state index is 5.53. The second-order valence-corrected chi connectivity index (χ2v) is 4.14. The lowest BCUT2D eigenvalue weighted by Gasteiger charge is -2.32. The van der Waals surface area contributed by atoms with E-state index in [1.807, 2.05) is 13.8 Å². The van der Waals surface area contributed by atoms with Crippen LogP contribution >= 0.6 is 0 Å². The first-order valence-electron chi connectivity index (χ1n) is 5.57. The summed E-state index contributed by atoms with van der Waals surface area (Å²) in [7, 11) is 2.21. The summed E-state index contributed by atoms with van der Waals surface area (Å²) in [5.74, 6) is 0. The molecule has 0 amide bonds. The third-order valence-electron chi connectivity index (χ3n) is 3.03.